The highest BCUT2D eigenvalue weighted by Crippen LogP contribution is 2.25. The standard InChI is InChI=1S/C7H13IO/c8-5-6-3-1-2-4-7(6)9/h6-7,9H,1-5H2/t6-,7+/m1/s1. The van der Waals surface area contributed by atoms with Crippen LogP contribution in [0.1, 0.15) is 25.7 Å². The third-order valence-electron chi connectivity index (χ3n) is 2.07. The molecule has 0 spiro atoms. The highest BCUT2D eigenvalue weighted by Gasteiger charge is 2.20. The molecule has 2 heteroatoms. The van der Waals surface area contributed by atoms with Crippen molar-refractivity contribution >= 4 is 22.6 Å². The van der Waals surface area contributed by atoms with Gasteiger partial charge in [0.25, 0.3) is 0 Å². The maximum absolute atomic E-state index is 9.36. The molecule has 1 rings (SSSR count). The SMILES string of the molecule is O[C@H]1CCCC[C@@H]1CI. The normalized spacial score (nSPS) is 36.7. The summed E-state index contributed by atoms with van der Waals surface area (Å²) >= 11 is 2.36. The van der Waals surface area contributed by atoms with Gasteiger partial charge < -0.3 is 5.11 Å². The van der Waals surface area contributed by atoms with Gasteiger partial charge in [0.15, 0.2) is 0 Å². The first-order valence-electron chi connectivity index (χ1n) is 3.58. The van der Waals surface area contributed by atoms with Crippen molar-refractivity contribution in [3.63, 3.8) is 0 Å². The summed E-state index contributed by atoms with van der Waals surface area (Å²) < 4.78 is 1.12. The van der Waals surface area contributed by atoms with E-state index in [1.807, 2.05) is 0 Å². The first-order valence-corrected chi connectivity index (χ1v) is 5.11. The van der Waals surface area contributed by atoms with E-state index in [9.17, 15) is 5.11 Å². The zero-order chi connectivity index (χ0) is 6.69. The Kier molecular flexibility index (Phi) is 3.26. The number of aliphatic hydroxyl groups is 1. The molecule has 1 saturated carbocycles. The van der Waals surface area contributed by atoms with Crippen LogP contribution in [-0.2, 0) is 0 Å². The van der Waals surface area contributed by atoms with Gasteiger partial charge in [0, 0.05) is 4.43 Å². The molecule has 1 nitrogen and oxygen atoms in total. The van der Waals surface area contributed by atoms with Crippen LogP contribution in [0.3, 0.4) is 0 Å². The van der Waals surface area contributed by atoms with Crippen molar-refractivity contribution in [1.82, 2.24) is 0 Å². The molecule has 0 heterocycles. The molecule has 1 fully saturated rings. The van der Waals surface area contributed by atoms with E-state index in [2.05, 4.69) is 22.6 Å². The van der Waals surface area contributed by atoms with Gasteiger partial charge in [-0.15, -0.1) is 0 Å². The molecule has 0 saturated heterocycles. The van der Waals surface area contributed by atoms with E-state index in [1.165, 1.54) is 19.3 Å². The van der Waals surface area contributed by atoms with Gasteiger partial charge in [0.05, 0.1) is 6.10 Å². The molecule has 1 aliphatic rings. The minimum absolute atomic E-state index is 0.00986. The van der Waals surface area contributed by atoms with Crippen LogP contribution >= 0.6 is 22.6 Å². The lowest BCUT2D eigenvalue weighted by Gasteiger charge is -2.25. The Balaban J connectivity index is 2.30. The van der Waals surface area contributed by atoms with Crippen molar-refractivity contribution in [3.05, 3.63) is 0 Å². The molecule has 0 radical (unpaired) electrons. The van der Waals surface area contributed by atoms with E-state index in [1.54, 1.807) is 0 Å². The fourth-order valence-corrected chi connectivity index (χ4v) is 2.40. The summed E-state index contributed by atoms with van der Waals surface area (Å²) in [6.07, 6.45) is 4.84. The first-order chi connectivity index (χ1) is 4.34. The van der Waals surface area contributed by atoms with E-state index in [4.69, 9.17) is 0 Å². The maximum atomic E-state index is 9.36. The Labute approximate surface area is 70.0 Å². The predicted molar refractivity (Wildman–Crippen MR) is 46.9 cm³/mol. The van der Waals surface area contributed by atoms with Crippen LogP contribution in [0.5, 0.6) is 0 Å². The van der Waals surface area contributed by atoms with Crippen LogP contribution in [0, 0.1) is 5.92 Å². The minimum atomic E-state index is 0.00986. The highest BCUT2D eigenvalue weighted by molar-refractivity contribution is 14.1. The topological polar surface area (TPSA) is 20.2 Å². The van der Waals surface area contributed by atoms with Crippen molar-refractivity contribution in [2.75, 3.05) is 4.43 Å². The van der Waals surface area contributed by atoms with Crippen molar-refractivity contribution < 1.29 is 5.11 Å². The number of hydrogen-bond acceptors (Lipinski definition) is 1. The molecule has 0 unspecified atom stereocenters. The largest absolute Gasteiger partial charge is 0.393 e. The Bertz CT molecular complexity index is 85.0. The van der Waals surface area contributed by atoms with Gasteiger partial charge in [-0.2, -0.15) is 0 Å². The minimum Gasteiger partial charge on any atom is -0.393 e. The zero-order valence-electron chi connectivity index (χ0n) is 5.52. The lowest BCUT2D eigenvalue weighted by molar-refractivity contribution is 0.0830. The predicted octanol–water partition coefficient (Wildman–Crippen LogP) is 1.97. The second kappa shape index (κ2) is 3.76. The number of alkyl halides is 1. The van der Waals surface area contributed by atoms with Gasteiger partial charge in [-0.1, -0.05) is 35.4 Å². The Morgan fingerprint density at radius 1 is 1.33 bits per heavy atom. The maximum Gasteiger partial charge on any atom is 0.0575 e. The van der Waals surface area contributed by atoms with E-state index in [0.717, 1.165) is 10.8 Å². The summed E-state index contributed by atoms with van der Waals surface area (Å²) in [5, 5.41) is 9.36. The molecule has 2 atom stereocenters. The van der Waals surface area contributed by atoms with Crippen LogP contribution in [-0.4, -0.2) is 15.6 Å². The molecule has 0 aromatic rings. The summed E-state index contributed by atoms with van der Waals surface area (Å²) in [5.74, 6) is 0.597. The lowest BCUT2D eigenvalue weighted by Crippen LogP contribution is -2.25. The summed E-state index contributed by atoms with van der Waals surface area (Å²) in [5.41, 5.74) is 0. The third-order valence-corrected chi connectivity index (χ3v) is 3.20. The second-order valence-electron chi connectivity index (χ2n) is 2.77. The van der Waals surface area contributed by atoms with Gasteiger partial charge >= 0.3 is 0 Å². The number of rotatable bonds is 1. The lowest BCUT2D eigenvalue weighted by atomic mass is 9.88. The molecule has 1 aliphatic carbocycles. The fraction of sp³-hybridized carbons (Fsp3) is 1.00. The van der Waals surface area contributed by atoms with Gasteiger partial charge in [0.1, 0.15) is 0 Å². The van der Waals surface area contributed by atoms with Gasteiger partial charge in [-0.05, 0) is 18.8 Å². The molecule has 0 aliphatic heterocycles. The zero-order valence-corrected chi connectivity index (χ0v) is 7.67. The summed E-state index contributed by atoms with van der Waals surface area (Å²) in [7, 11) is 0. The molecule has 0 amide bonds. The van der Waals surface area contributed by atoms with Crippen LogP contribution in [0.2, 0.25) is 0 Å². The molecule has 9 heavy (non-hydrogen) atoms. The van der Waals surface area contributed by atoms with Crippen molar-refractivity contribution in [2.24, 2.45) is 5.92 Å². The molecule has 0 bridgehead atoms. The van der Waals surface area contributed by atoms with Crippen LogP contribution < -0.4 is 0 Å². The molecule has 0 aromatic carbocycles. The quantitative estimate of drug-likeness (QED) is 0.548. The van der Waals surface area contributed by atoms with Crippen LogP contribution in [0.15, 0.2) is 0 Å². The average Bonchev–Trinajstić information content (AvgIpc) is 1.89. The number of halogens is 1. The molecular weight excluding hydrogens is 227 g/mol. The first kappa shape index (κ1) is 7.79. The highest BCUT2D eigenvalue weighted by atomic mass is 127. The smallest absolute Gasteiger partial charge is 0.0575 e. The van der Waals surface area contributed by atoms with Crippen LogP contribution in [0.4, 0.5) is 0 Å². The molecule has 1 N–H and O–H groups in total. The molecule has 54 valence electrons. The van der Waals surface area contributed by atoms with Gasteiger partial charge in [-0.25, -0.2) is 0 Å². The summed E-state index contributed by atoms with van der Waals surface area (Å²) in [6.45, 7) is 0. The Hall–Kier alpha value is 0.690. The van der Waals surface area contributed by atoms with E-state index < -0.39 is 0 Å². The van der Waals surface area contributed by atoms with E-state index >= 15 is 0 Å². The Morgan fingerprint density at radius 2 is 2.00 bits per heavy atom. The van der Waals surface area contributed by atoms with Gasteiger partial charge in [0.2, 0.25) is 0 Å². The molecular formula is C7H13IO. The number of hydrogen-bond donors (Lipinski definition) is 1. The Morgan fingerprint density at radius 3 is 2.44 bits per heavy atom. The van der Waals surface area contributed by atoms with Crippen molar-refractivity contribution in [2.45, 2.75) is 31.8 Å². The third kappa shape index (κ3) is 2.08. The fourth-order valence-electron chi connectivity index (χ4n) is 1.37. The van der Waals surface area contributed by atoms with E-state index in [0.29, 0.717) is 5.92 Å². The van der Waals surface area contributed by atoms with Crippen LogP contribution in [0.25, 0.3) is 0 Å². The van der Waals surface area contributed by atoms with Crippen molar-refractivity contribution in [3.8, 4) is 0 Å². The number of aliphatic hydroxyl groups excluding tert-OH is 1. The van der Waals surface area contributed by atoms with Gasteiger partial charge in [-0.3, -0.25) is 0 Å². The van der Waals surface area contributed by atoms with E-state index in [-0.39, 0.29) is 6.10 Å². The second-order valence-corrected chi connectivity index (χ2v) is 3.65. The average molecular weight is 240 g/mol. The molecule has 0 aromatic heterocycles. The summed E-state index contributed by atoms with van der Waals surface area (Å²) in [6, 6.07) is 0. The van der Waals surface area contributed by atoms with Crippen molar-refractivity contribution in [1.29, 1.82) is 0 Å². The monoisotopic (exact) mass is 240 g/mol. The summed E-state index contributed by atoms with van der Waals surface area (Å²) in [4.78, 5) is 0.